The van der Waals surface area contributed by atoms with Crippen LogP contribution in [-0.2, 0) is 0 Å². The van der Waals surface area contributed by atoms with E-state index < -0.39 is 19.2 Å². The first-order valence-corrected chi connectivity index (χ1v) is 7.61. The second kappa shape index (κ2) is 6.64. The number of halogens is 3. The van der Waals surface area contributed by atoms with E-state index in [9.17, 15) is 13.2 Å². The lowest BCUT2D eigenvalue weighted by atomic mass is 9.92. The van der Waals surface area contributed by atoms with Gasteiger partial charge >= 0.3 is 12.3 Å². The van der Waals surface area contributed by atoms with Crippen LogP contribution >= 0.6 is 0 Å². The zero-order valence-electron chi connectivity index (χ0n) is 13.6. The summed E-state index contributed by atoms with van der Waals surface area (Å²) in [4.78, 5) is 2.17. The van der Waals surface area contributed by atoms with Gasteiger partial charge in [-0.2, -0.15) is 13.2 Å². The number of aromatic nitrogens is 2. The second-order valence-electron chi connectivity index (χ2n) is 6.80. The van der Waals surface area contributed by atoms with E-state index in [0.717, 1.165) is 12.8 Å². The fourth-order valence-electron chi connectivity index (χ4n) is 2.66. The molecule has 2 atom stereocenters. The Morgan fingerprint density at radius 1 is 1.26 bits per heavy atom. The Kier molecular flexibility index (Phi) is 5.20. The number of nitrogens with two attached hydrogens (primary N) is 1. The Morgan fingerprint density at radius 3 is 2.57 bits per heavy atom. The Hall–Kier alpha value is -1.35. The van der Waals surface area contributed by atoms with E-state index in [2.05, 4.69) is 35.9 Å². The predicted octanol–water partition coefficient (Wildman–Crippen LogP) is 2.66. The first-order chi connectivity index (χ1) is 10.6. The minimum absolute atomic E-state index is 0.0795. The number of nitrogens with zero attached hydrogens (tertiary/aromatic N) is 3. The average Bonchev–Trinajstić information content (AvgIpc) is 2.85. The highest BCUT2D eigenvalue weighted by Gasteiger charge is 2.37. The van der Waals surface area contributed by atoms with Gasteiger partial charge in [-0.15, -0.1) is 5.10 Å². The summed E-state index contributed by atoms with van der Waals surface area (Å²) in [6.07, 6.45) is -3.98. The molecule has 1 saturated heterocycles. The quantitative estimate of drug-likeness (QED) is 0.911. The van der Waals surface area contributed by atoms with E-state index in [1.807, 2.05) is 0 Å². The smallest absolute Gasteiger partial charge is 0.414 e. The molecule has 132 valence electrons. The summed E-state index contributed by atoms with van der Waals surface area (Å²) in [6.45, 7) is 6.35. The summed E-state index contributed by atoms with van der Waals surface area (Å²) in [5.41, 5.74) is 5.89. The highest BCUT2D eigenvalue weighted by molar-refractivity contribution is 5.00. The first kappa shape index (κ1) is 18.0. The standard InChI is InChI=1S/C14H23F3N4O2/c1-13(2,3)21-8-9(18)4-5-10(21)11-19-20-12(23-11)22-7-6-14(15,16)17/h9-10H,4-8,18H2,1-3H3/t9-,10+/m0/s1. The third kappa shape index (κ3) is 5.07. The maximum absolute atomic E-state index is 12.1. The normalized spacial score (nSPS) is 24.0. The van der Waals surface area contributed by atoms with Crippen LogP contribution < -0.4 is 10.5 Å². The van der Waals surface area contributed by atoms with Crippen LogP contribution in [0.4, 0.5) is 13.2 Å². The van der Waals surface area contributed by atoms with E-state index in [1.165, 1.54) is 0 Å². The number of piperidine rings is 1. The van der Waals surface area contributed by atoms with Crippen LogP contribution in [0.1, 0.15) is 52.0 Å². The van der Waals surface area contributed by atoms with Gasteiger partial charge < -0.3 is 14.9 Å². The predicted molar refractivity (Wildman–Crippen MR) is 76.9 cm³/mol. The molecule has 0 unspecified atom stereocenters. The second-order valence-corrected chi connectivity index (χ2v) is 6.80. The van der Waals surface area contributed by atoms with Gasteiger partial charge in [-0.3, -0.25) is 4.90 Å². The molecule has 0 amide bonds. The Morgan fingerprint density at radius 2 is 1.96 bits per heavy atom. The number of ether oxygens (including phenoxy) is 1. The number of rotatable bonds is 4. The van der Waals surface area contributed by atoms with Crippen molar-refractivity contribution in [3.63, 3.8) is 0 Å². The van der Waals surface area contributed by atoms with Crippen LogP contribution in [0.3, 0.4) is 0 Å². The van der Waals surface area contributed by atoms with Crippen molar-refractivity contribution < 1.29 is 22.3 Å². The molecular formula is C14H23F3N4O2. The third-order valence-corrected chi connectivity index (χ3v) is 3.80. The van der Waals surface area contributed by atoms with E-state index in [-0.39, 0.29) is 23.7 Å². The molecular weight excluding hydrogens is 313 g/mol. The molecule has 9 heteroatoms. The molecule has 1 aliphatic heterocycles. The van der Waals surface area contributed by atoms with E-state index >= 15 is 0 Å². The molecule has 1 fully saturated rings. The molecule has 1 aromatic rings. The molecule has 23 heavy (non-hydrogen) atoms. The van der Waals surface area contributed by atoms with Crippen molar-refractivity contribution in [2.45, 2.75) is 63.8 Å². The highest BCUT2D eigenvalue weighted by atomic mass is 19.4. The summed E-state index contributed by atoms with van der Waals surface area (Å²) in [7, 11) is 0. The van der Waals surface area contributed by atoms with Crippen molar-refractivity contribution in [2.75, 3.05) is 13.2 Å². The molecule has 2 rings (SSSR count). The van der Waals surface area contributed by atoms with Crippen molar-refractivity contribution >= 4 is 0 Å². The molecule has 0 aromatic carbocycles. The number of hydrogen-bond acceptors (Lipinski definition) is 6. The third-order valence-electron chi connectivity index (χ3n) is 3.80. The van der Waals surface area contributed by atoms with Gasteiger partial charge in [-0.25, -0.2) is 0 Å². The van der Waals surface area contributed by atoms with Crippen LogP contribution in [0.2, 0.25) is 0 Å². The van der Waals surface area contributed by atoms with Crippen molar-refractivity contribution in [1.29, 1.82) is 0 Å². The van der Waals surface area contributed by atoms with E-state index in [1.54, 1.807) is 0 Å². The van der Waals surface area contributed by atoms with Gasteiger partial charge in [0.2, 0.25) is 5.89 Å². The summed E-state index contributed by atoms with van der Waals surface area (Å²) >= 11 is 0. The monoisotopic (exact) mass is 336 g/mol. The van der Waals surface area contributed by atoms with Gasteiger partial charge in [-0.1, -0.05) is 5.10 Å². The zero-order valence-corrected chi connectivity index (χ0v) is 13.6. The topological polar surface area (TPSA) is 77.4 Å². The van der Waals surface area contributed by atoms with Gasteiger partial charge in [0.25, 0.3) is 0 Å². The molecule has 0 saturated carbocycles. The van der Waals surface area contributed by atoms with Crippen LogP contribution in [0.15, 0.2) is 4.42 Å². The molecule has 1 aromatic heterocycles. The van der Waals surface area contributed by atoms with Gasteiger partial charge in [0.1, 0.15) is 6.61 Å². The molecule has 0 radical (unpaired) electrons. The Bertz CT molecular complexity index is 513. The zero-order chi connectivity index (χ0) is 17.3. The maximum atomic E-state index is 12.1. The molecule has 2 heterocycles. The van der Waals surface area contributed by atoms with E-state index in [4.69, 9.17) is 14.9 Å². The molecule has 1 aliphatic rings. The fourth-order valence-corrected chi connectivity index (χ4v) is 2.66. The van der Waals surface area contributed by atoms with Crippen LogP contribution in [0.5, 0.6) is 6.08 Å². The largest absolute Gasteiger partial charge is 0.449 e. The van der Waals surface area contributed by atoms with Crippen LogP contribution in [0, 0.1) is 0 Å². The summed E-state index contributed by atoms with van der Waals surface area (Å²) in [5, 5.41) is 7.62. The SMILES string of the molecule is CC(C)(C)N1C[C@@H](N)CC[C@@H]1c1nnc(OCCC(F)(F)F)o1. The average molecular weight is 336 g/mol. The van der Waals surface area contributed by atoms with Gasteiger partial charge in [-0.05, 0) is 33.6 Å². The minimum Gasteiger partial charge on any atom is -0.449 e. The Balaban J connectivity index is 2.03. The lowest BCUT2D eigenvalue weighted by molar-refractivity contribution is -0.140. The lowest BCUT2D eigenvalue weighted by Crippen LogP contribution is -2.52. The Labute approximate surface area is 133 Å². The summed E-state index contributed by atoms with van der Waals surface area (Å²) < 4.78 is 46.6. The number of likely N-dealkylation sites (tertiary alicyclic amines) is 1. The highest BCUT2D eigenvalue weighted by Crippen LogP contribution is 2.35. The molecule has 0 aliphatic carbocycles. The number of hydrogen-bond donors (Lipinski definition) is 1. The van der Waals surface area contributed by atoms with Gasteiger partial charge in [0.15, 0.2) is 0 Å². The molecule has 6 nitrogen and oxygen atoms in total. The number of alkyl halides is 3. The fraction of sp³-hybridized carbons (Fsp3) is 0.857. The van der Waals surface area contributed by atoms with Crippen molar-refractivity contribution in [2.24, 2.45) is 5.73 Å². The van der Waals surface area contributed by atoms with Gasteiger partial charge in [0.05, 0.1) is 12.5 Å². The van der Waals surface area contributed by atoms with Crippen molar-refractivity contribution in [3.05, 3.63) is 5.89 Å². The molecule has 2 N–H and O–H groups in total. The lowest BCUT2D eigenvalue weighted by Gasteiger charge is -2.44. The molecule has 0 spiro atoms. The minimum atomic E-state index is -4.27. The van der Waals surface area contributed by atoms with Crippen molar-refractivity contribution in [3.8, 4) is 6.08 Å². The van der Waals surface area contributed by atoms with Gasteiger partial charge in [0, 0.05) is 18.1 Å². The summed E-state index contributed by atoms with van der Waals surface area (Å²) in [5.74, 6) is 0.355. The van der Waals surface area contributed by atoms with Crippen LogP contribution in [0.25, 0.3) is 0 Å². The molecule has 0 bridgehead atoms. The summed E-state index contributed by atoms with van der Waals surface area (Å²) in [6, 6.07) is -0.0295. The van der Waals surface area contributed by atoms with E-state index in [0.29, 0.717) is 12.4 Å². The van der Waals surface area contributed by atoms with Crippen LogP contribution in [-0.4, -0.2) is 46.0 Å². The van der Waals surface area contributed by atoms with Crippen molar-refractivity contribution in [1.82, 2.24) is 15.1 Å². The maximum Gasteiger partial charge on any atom is 0.414 e. The first-order valence-electron chi connectivity index (χ1n) is 7.61.